The molecule has 0 fully saturated rings. The third kappa shape index (κ3) is 4.05. The summed E-state index contributed by atoms with van der Waals surface area (Å²) >= 11 is 0. The lowest BCUT2D eigenvalue weighted by Crippen LogP contribution is -2.06. The normalized spacial score (nSPS) is 11.8. The molecule has 6 nitrogen and oxygen atoms in total. The van der Waals surface area contributed by atoms with E-state index >= 15 is 0 Å². The third-order valence-corrected chi connectivity index (χ3v) is 4.50. The van der Waals surface area contributed by atoms with E-state index in [1.165, 1.54) is 18.5 Å². The van der Waals surface area contributed by atoms with E-state index in [0.29, 0.717) is 22.9 Å². The van der Waals surface area contributed by atoms with Crippen LogP contribution in [0.2, 0.25) is 0 Å². The molecule has 0 atom stereocenters. The minimum absolute atomic E-state index is 0.102. The van der Waals surface area contributed by atoms with E-state index in [2.05, 4.69) is 24.9 Å². The van der Waals surface area contributed by atoms with Crippen molar-refractivity contribution < 1.29 is 13.2 Å². The zero-order valence-corrected chi connectivity index (χ0v) is 16.2. The van der Waals surface area contributed by atoms with Gasteiger partial charge in [0.15, 0.2) is 0 Å². The van der Waals surface area contributed by atoms with Gasteiger partial charge in [-0.25, -0.2) is 24.9 Å². The van der Waals surface area contributed by atoms with Crippen molar-refractivity contribution in [3.63, 3.8) is 0 Å². The summed E-state index contributed by atoms with van der Waals surface area (Å²) in [6, 6.07) is 6.73. The van der Waals surface area contributed by atoms with Gasteiger partial charge in [0.25, 0.3) is 0 Å². The molecule has 0 amide bonds. The second-order valence-corrected chi connectivity index (χ2v) is 7.00. The molecule has 0 spiro atoms. The van der Waals surface area contributed by atoms with Crippen LogP contribution in [0.25, 0.3) is 28.5 Å². The van der Waals surface area contributed by atoms with Crippen LogP contribution in [-0.2, 0) is 6.18 Å². The SMILES string of the molecule is CC(C)c1cc(-c2ccc(C(F)(F)F)cc2)nc(-n2cnc(-c3cncnc3)c2)n1. The molecule has 0 aliphatic heterocycles. The van der Waals surface area contributed by atoms with Gasteiger partial charge in [0, 0.05) is 35.4 Å². The van der Waals surface area contributed by atoms with E-state index in [9.17, 15) is 13.2 Å². The van der Waals surface area contributed by atoms with Crippen molar-refractivity contribution in [2.24, 2.45) is 0 Å². The number of hydrogen-bond acceptors (Lipinski definition) is 5. The van der Waals surface area contributed by atoms with Crippen LogP contribution in [0.1, 0.15) is 31.0 Å². The van der Waals surface area contributed by atoms with Crippen LogP contribution in [0, 0.1) is 0 Å². The Morgan fingerprint density at radius 2 is 1.60 bits per heavy atom. The van der Waals surface area contributed by atoms with E-state index in [4.69, 9.17) is 0 Å². The number of aromatic nitrogens is 6. The van der Waals surface area contributed by atoms with Crippen LogP contribution < -0.4 is 0 Å². The maximum atomic E-state index is 12.9. The zero-order chi connectivity index (χ0) is 21.3. The van der Waals surface area contributed by atoms with Crippen LogP contribution in [0.5, 0.6) is 0 Å². The van der Waals surface area contributed by atoms with Crippen molar-refractivity contribution in [1.82, 2.24) is 29.5 Å². The molecule has 9 heteroatoms. The molecule has 0 bridgehead atoms. The maximum absolute atomic E-state index is 12.9. The topological polar surface area (TPSA) is 69.4 Å². The van der Waals surface area contributed by atoms with Gasteiger partial charge in [-0.15, -0.1) is 0 Å². The average Bonchev–Trinajstić information content (AvgIpc) is 3.24. The van der Waals surface area contributed by atoms with Gasteiger partial charge >= 0.3 is 6.18 Å². The molecular formula is C21H17F3N6. The Morgan fingerprint density at radius 1 is 0.900 bits per heavy atom. The van der Waals surface area contributed by atoms with E-state index in [0.717, 1.165) is 23.4 Å². The monoisotopic (exact) mass is 410 g/mol. The quantitative estimate of drug-likeness (QED) is 0.477. The fourth-order valence-electron chi connectivity index (χ4n) is 2.85. The first-order valence-corrected chi connectivity index (χ1v) is 9.17. The molecule has 0 N–H and O–H groups in total. The fourth-order valence-corrected chi connectivity index (χ4v) is 2.85. The van der Waals surface area contributed by atoms with Crippen LogP contribution in [-0.4, -0.2) is 29.5 Å². The molecule has 0 aliphatic carbocycles. The summed E-state index contributed by atoms with van der Waals surface area (Å²) < 4.78 is 40.3. The molecule has 0 saturated heterocycles. The highest BCUT2D eigenvalue weighted by atomic mass is 19.4. The smallest absolute Gasteiger partial charge is 0.274 e. The van der Waals surface area contributed by atoms with Gasteiger partial charge in [-0.2, -0.15) is 13.2 Å². The Hall–Kier alpha value is -3.62. The minimum atomic E-state index is -4.38. The van der Waals surface area contributed by atoms with Gasteiger partial charge < -0.3 is 0 Å². The van der Waals surface area contributed by atoms with Gasteiger partial charge in [-0.3, -0.25) is 4.57 Å². The summed E-state index contributed by atoms with van der Waals surface area (Å²) in [7, 11) is 0. The highest BCUT2D eigenvalue weighted by molar-refractivity contribution is 5.61. The molecule has 0 radical (unpaired) electrons. The van der Waals surface area contributed by atoms with Crippen LogP contribution >= 0.6 is 0 Å². The standard InChI is InChI=1S/C21H17F3N6/c1-13(2)17-7-18(14-3-5-16(6-4-14)21(22,23)24)29-20(28-17)30-10-19(27-12-30)15-8-25-11-26-9-15/h3-13H,1-2H3. The minimum Gasteiger partial charge on any atom is -0.274 e. The number of hydrogen-bond donors (Lipinski definition) is 0. The molecule has 1 aromatic carbocycles. The molecule has 4 aromatic rings. The molecule has 152 valence electrons. The fraction of sp³-hybridized carbons (Fsp3) is 0.190. The van der Waals surface area contributed by atoms with E-state index in [-0.39, 0.29) is 5.92 Å². The second kappa shape index (κ2) is 7.66. The summed E-state index contributed by atoms with van der Waals surface area (Å²) in [5.41, 5.74) is 2.59. The van der Waals surface area contributed by atoms with Crippen molar-refractivity contribution in [2.75, 3.05) is 0 Å². The first-order chi connectivity index (χ1) is 14.3. The number of benzene rings is 1. The molecule has 3 aromatic heterocycles. The summed E-state index contributed by atoms with van der Waals surface area (Å²) in [5, 5.41) is 0. The largest absolute Gasteiger partial charge is 0.416 e. The number of halogens is 3. The lowest BCUT2D eigenvalue weighted by molar-refractivity contribution is -0.137. The second-order valence-electron chi connectivity index (χ2n) is 7.00. The molecule has 0 unspecified atom stereocenters. The molecule has 0 aliphatic rings. The van der Waals surface area contributed by atoms with Crippen LogP contribution in [0.3, 0.4) is 0 Å². The summed E-state index contributed by atoms with van der Waals surface area (Å²) in [5.74, 6) is 0.483. The Morgan fingerprint density at radius 3 is 2.23 bits per heavy atom. The van der Waals surface area contributed by atoms with E-state index in [1.54, 1.807) is 35.6 Å². The highest BCUT2D eigenvalue weighted by Crippen LogP contribution is 2.31. The predicted octanol–water partition coefficient (Wildman–Crippen LogP) is 4.93. The molecular weight excluding hydrogens is 393 g/mol. The molecule has 30 heavy (non-hydrogen) atoms. The maximum Gasteiger partial charge on any atom is 0.416 e. The van der Waals surface area contributed by atoms with E-state index in [1.807, 2.05) is 13.8 Å². The van der Waals surface area contributed by atoms with Crippen molar-refractivity contribution in [3.05, 3.63) is 72.8 Å². The predicted molar refractivity (Wildman–Crippen MR) is 105 cm³/mol. The van der Waals surface area contributed by atoms with Crippen molar-refractivity contribution in [3.8, 4) is 28.5 Å². The number of imidazole rings is 1. The average molecular weight is 410 g/mol. The van der Waals surface area contributed by atoms with Crippen LogP contribution in [0.4, 0.5) is 13.2 Å². The third-order valence-electron chi connectivity index (χ3n) is 4.50. The summed E-state index contributed by atoms with van der Waals surface area (Å²) in [6.07, 6.45) is 3.70. The number of nitrogens with zero attached hydrogens (tertiary/aromatic N) is 6. The van der Waals surface area contributed by atoms with Crippen LogP contribution in [0.15, 0.2) is 61.6 Å². The van der Waals surface area contributed by atoms with E-state index < -0.39 is 11.7 Å². The lowest BCUT2D eigenvalue weighted by atomic mass is 10.0. The van der Waals surface area contributed by atoms with Gasteiger partial charge in [0.1, 0.15) is 12.7 Å². The van der Waals surface area contributed by atoms with Crippen molar-refractivity contribution in [2.45, 2.75) is 25.9 Å². The first-order valence-electron chi connectivity index (χ1n) is 9.17. The Labute approximate surface area is 170 Å². The summed E-state index contributed by atoms with van der Waals surface area (Å²) in [6.45, 7) is 3.98. The molecule has 3 heterocycles. The molecule has 4 rings (SSSR count). The van der Waals surface area contributed by atoms with Crippen molar-refractivity contribution >= 4 is 0 Å². The van der Waals surface area contributed by atoms with Gasteiger partial charge in [-0.05, 0) is 24.1 Å². The first kappa shape index (κ1) is 19.7. The highest BCUT2D eigenvalue weighted by Gasteiger charge is 2.30. The number of rotatable bonds is 4. The van der Waals surface area contributed by atoms with Gasteiger partial charge in [-0.1, -0.05) is 26.0 Å². The number of alkyl halides is 3. The van der Waals surface area contributed by atoms with Gasteiger partial charge in [0.05, 0.1) is 17.0 Å². The Balaban J connectivity index is 1.75. The van der Waals surface area contributed by atoms with Crippen molar-refractivity contribution in [1.29, 1.82) is 0 Å². The van der Waals surface area contributed by atoms with Gasteiger partial charge in [0.2, 0.25) is 5.95 Å². The molecule has 0 saturated carbocycles. The Bertz CT molecular complexity index is 1150. The zero-order valence-electron chi connectivity index (χ0n) is 16.2. The lowest BCUT2D eigenvalue weighted by Gasteiger charge is -2.12. The summed E-state index contributed by atoms with van der Waals surface area (Å²) in [4.78, 5) is 21.5. The Kier molecular flexibility index (Phi) is 5.03.